The van der Waals surface area contributed by atoms with Crippen LogP contribution in [0.3, 0.4) is 0 Å². The normalized spacial score (nSPS) is 15.9. The fourth-order valence-electron chi connectivity index (χ4n) is 3.65. The molecule has 1 aliphatic rings. The number of piperidine rings is 1. The summed E-state index contributed by atoms with van der Waals surface area (Å²) >= 11 is 0. The van der Waals surface area contributed by atoms with E-state index in [4.69, 9.17) is 4.74 Å². The first-order chi connectivity index (χ1) is 13.4. The number of methoxy groups -OCH3 is 1. The van der Waals surface area contributed by atoms with Crippen molar-refractivity contribution >= 4 is 11.9 Å². The summed E-state index contributed by atoms with van der Waals surface area (Å²) in [5.74, 6) is -0.459. The molecule has 0 aliphatic carbocycles. The number of aryl methyl sites for hydroxylation is 1. The highest BCUT2D eigenvalue weighted by molar-refractivity contribution is 5.89. The first-order valence-electron chi connectivity index (χ1n) is 9.35. The smallest absolute Gasteiger partial charge is 0.335 e. The van der Waals surface area contributed by atoms with Crippen LogP contribution in [0, 0.1) is 0 Å². The second kappa shape index (κ2) is 8.42. The highest BCUT2D eigenvalue weighted by atomic mass is 19.1. The van der Waals surface area contributed by atoms with Crippen LogP contribution in [0.2, 0.25) is 0 Å². The molecule has 0 radical (unpaired) electrons. The minimum absolute atomic E-state index is 0.0760. The van der Waals surface area contributed by atoms with Crippen LogP contribution in [0.5, 0.6) is 5.75 Å². The number of nitrogens with zero attached hydrogens (tertiary/aromatic N) is 1. The van der Waals surface area contributed by atoms with Crippen LogP contribution in [0.4, 0.5) is 4.39 Å². The standard InChI is InChI=1S/C22H24FNO4/c1-28-18-7-4-6-17(15-18)22(23)11-13-24(14-12-22)20(25)10-9-16-5-2-3-8-19(16)21(26)27/h2-8,15H,9-14H2,1H3,(H,26,27). The number of carbonyl (C=O) groups is 2. The van der Waals surface area contributed by atoms with E-state index in [0.717, 1.165) is 0 Å². The minimum atomic E-state index is -1.47. The van der Waals surface area contributed by atoms with Crippen molar-refractivity contribution in [2.45, 2.75) is 31.4 Å². The van der Waals surface area contributed by atoms with E-state index in [1.807, 2.05) is 0 Å². The Balaban J connectivity index is 1.59. The number of halogens is 1. The maximum atomic E-state index is 15.4. The molecule has 0 unspecified atom stereocenters. The average Bonchev–Trinajstić information content (AvgIpc) is 2.72. The third kappa shape index (κ3) is 4.32. The third-order valence-electron chi connectivity index (χ3n) is 5.35. The van der Waals surface area contributed by atoms with Gasteiger partial charge in [-0.3, -0.25) is 4.79 Å². The molecule has 2 aromatic carbocycles. The van der Waals surface area contributed by atoms with Crippen molar-refractivity contribution in [3.8, 4) is 5.75 Å². The molecule has 0 spiro atoms. The molecule has 1 amide bonds. The Morgan fingerprint density at radius 3 is 2.54 bits per heavy atom. The third-order valence-corrected chi connectivity index (χ3v) is 5.35. The molecule has 1 saturated heterocycles. The molecule has 5 nitrogen and oxygen atoms in total. The number of carbonyl (C=O) groups excluding carboxylic acids is 1. The van der Waals surface area contributed by atoms with Crippen molar-refractivity contribution in [1.82, 2.24) is 4.90 Å². The molecule has 0 atom stereocenters. The molecule has 3 rings (SSSR count). The lowest BCUT2D eigenvalue weighted by molar-refractivity contribution is -0.133. The zero-order valence-corrected chi connectivity index (χ0v) is 15.9. The maximum Gasteiger partial charge on any atom is 0.335 e. The number of benzene rings is 2. The predicted molar refractivity (Wildman–Crippen MR) is 103 cm³/mol. The molecule has 0 saturated carbocycles. The van der Waals surface area contributed by atoms with E-state index in [0.29, 0.717) is 36.4 Å². The van der Waals surface area contributed by atoms with Gasteiger partial charge in [-0.1, -0.05) is 30.3 Å². The first-order valence-corrected chi connectivity index (χ1v) is 9.35. The van der Waals surface area contributed by atoms with Crippen molar-refractivity contribution in [3.05, 3.63) is 65.2 Å². The van der Waals surface area contributed by atoms with Gasteiger partial charge in [0.25, 0.3) is 0 Å². The number of hydrogen-bond donors (Lipinski definition) is 1. The number of carboxylic acid groups (broad SMARTS) is 1. The van der Waals surface area contributed by atoms with E-state index >= 15 is 4.39 Å². The summed E-state index contributed by atoms with van der Waals surface area (Å²) in [6, 6.07) is 13.7. The van der Waals surface area contributed by atoms with Crippen LogP contribution >= 0.6 is 0 Å². The van der Waals surface area contributed by atoms with E-state index in [-0.39, 0.29) is 30.7 Å². The van der Waals surface area contributed by atoms with E-state index in [9.17, 15) is 14.7 Å². The largest absolute Gasteiger partial charge is 0.497 e. The van der Waals surface area contributed by atoms with Gasteiger partial charge in [0.1, 0.15) is 11.4 Å². The topological polar surface area (TPSA) is 66.8 Å². The van der Waals surface area contributed by atoms with Gasteiger partial charge in [-0.05, 0) is 35.7 Å². The zero-order valence-electron chi connectivity index (χ0n) is 15.9. The predicted octanol–water partition coefficient (Wildman–Crippen LogP) is 3.81. The number of hydrogen-bond acceptors (Lipinski definition) is 3. The number of aromatic carboxylic acids is 1. The SMILES string of the molecule is COc1cccc(C2(F)CCN(C(=O)CCc3ccccc3C(=O)O)CC2)c1. The van der Waals surface area contributed by atoms with Gasteiger partial charge < -0.3 is 14.7 Å². The molecule has 1 N–H and O–H groups in total. The minimum Gasteiger partial charge on any atom is -0.497 e. The molecule has 28 heavy (non-hydrogen) atoms. The molecule has 148 valence electrons. The van der Waals surface area contributed by atoms with E-state index in [1.165, 1.54) is 6.07 Å². The summed E-state index contributed by atoms with van der Waals surface area (Å²) in [7, 11) is 1.55. The fourth-order valence-corrected chi connectivity index (χ4v) is 3.65. The van der Waals surface area contributed by atoms with Gasteiger partial charge in [0.2, 0.25) is 5.91 Å². The second-order valence-corrected chi connectivity index (χ2v) is 7.04. The summed E-state index contributed by atoms with van der Waals surface area (Å²) < 4.78 is 20.6. The molecule has 1 fully saturated rings. The Labute approximate surface area is 163 Å². The van der Waals surface area contributed by atoms with Crippen molar-refractivity contribution in [3.63, 3.8) is 0 Å². The van der Waals surface area contributed by atoms with Gasteiger partial charge in [-0.25, -0.2) is 9.18 Å². The number of carboxylic acids is 1. The van der Waals surface area contributed by atoms with Crippen molar-refractivity contribution in [2.75, 3.05) is 20.2 Å². The van der Waals surface area contributed by atoms with Gasteiger partial charge in [0.15, 0.2) is 0 Å². The molecule has 1 heterocycles. The molecular formula is C22H24FNO4. The summed E-state index contributed by atoms with van der Waals surface area (Å²) in [5.41, 5.74) is -0.0398. The Morgan fingerprint density at radius 1 is 1.14 bits per heavy atom. The molecule has 1 aliphatic heterocycles. The lowest BCUT2D eigenvalue weighted by atomic mass is 9.86. The van der Waals surface area contributed by atoms with Gasteiger partial charge in [-0.15, -0.1) is 0 Å². The Kier molecular flexibility index (Phi) is 5.97. The number of amides is 1. The van der Waals surface area contributed by atoms with Crippen molar-refractivity contribution in [2.24, 2.45) is 0 Å². The fraction of sp³-hybridized carbons (Fsp3) is 0.364. The van der Waals surface area contributed by atoms with Crippen molar-refractivity contribution < 1.29 is 23.8 Å². The molecule has 2 aromatic rings. The van der Waals surface area contributed by atoms with Gasteiger partial charge >= 0.3 is 5.97 Å². The first kappa shape index (κ1) is 19.9. The molecule has 0 bridgehead atoms. The lowest BCUT2D eigenvalue weighted by Crippen LogP contribution is -2.43. The van der Waals surface area contributed by atoms with Crippen LogP contribution in [-0.4, -0.2) is 42.1 Å². The summed E-state index contributed by atoms with van der Waals surface area (Å²) in [6.45, 7) is 0.681. The number of likely N-dealkylation sites (tertiary alicyclic amines) is 1. The Morgan fingerprint density at radius 2 is 1.86 bits per heavy atom. The van der Waals surface area contributed by atoms with Crippen LogP contribution in [-0.2, 0) is 16.9 Å². The van der Waals surface area contributed by atoms with Crippen LogP contribution in [0.25, 0.3) is 0 Å². The van der Waals surface area contributed by atoms with Gasteiger partial charge in [-0.2, -0.15) is 0 Å². The number of alkyl halides is 1. The number of ether oxygens (including phenoxy) is 1. The number of rotatable bonds is 6. The van der Waals surface area contributed by atoms with E-state index in [2.05, 4.69) is 0 Å². The lowest BCUT2D eigenvalue weighted by Gasteiger charge is -2.37. The highest BCUT2D eigenvalue weighted by Crippen LogP contribution is 2.38. The summed E-state index contributed by atoms with van der Waals surface area (Å²) in [5, 5.41) is 9.24. The van der Waals surface area contributed by atoms with Crippen LogP contribution in [0.1, 0.15) is 40.7 Å². The van der Waals surface area contributed by atoms with Crippen LogP contribution in [0.15, 0.2) is 48.5 Å². The quantitative estimate of drug-likeness (QED) is 0.821. The van der Waals surface area contributed by atoms with E-state index < -0.39 is 11.6 Å². The van der Waals surface area contributed by atoms with Crippen LogP contribution < -0.4 is 4.74 Å². The molecule has 6 heteroatoms. The Bertz CT molecular complexity index is 859. The molecular weight excluding hydrogens is 361 g/mol. The average molecular weight is 385 g/mol. The van der Waals surface area contributed by atoms with Crippen molar-refractivity contribution in [1.29, 1.82) is 0 Å². The highest BCUT2D eigenvalue weighted by Gasteiger charge is 2.37. The van der Waals surface area contributed by atoms with Gasteiger partial charge in [0.05, 0.1) is 12.7 Å². The molecule has 0 aromatic heterocycles. The monoisotopic (exact) mass is 385 g/mol. The van der Waals surface area contributed by atoms with E-state index in [1.54, 1.807) is 54.5 Å². The summed E-state index contributed by atoms with van der Waals surface area (Å²) in [6.07, 6.45) is 1.03. The van der Waals surface area contributed by atoms with Gasteiger partial charge in [0, 0.05) is 32.4 Å². The zero-order chi connectivity index (χ0) is 20.1. The Hall–Kier alpha value is -2.89. The second-order valence-electron chi connectivity index (χ2n) is 7.04. The summed E-state index contributed by atoms with van der Waals surface area (Å²) in [4.78, 5) is 25.5. The maximum absolute atomic E-state index is 15.4.